The monoisotopic (exact) mass is 397 g/mol. The summed E-state index contributed by atoms with van der Waals surface area (Å²) in [5.74, 6) is -0.659. The van der Waals surface area contributed by atoms with Crippen molar-refractivity contribution in [3.63, 3.8) is 0 Å². The van der Waals surface area contributed by atoms with Gasteiger partial charge in [-0.2, -0.15) is 0 Å². The van der Waals surface area contributed by atoms with Crippen molar-refractivity contribution in [2.24, 2.45) is 5.92 Å². The number of halogens is 1. The average Bonchev–Trinajstić information content (AvgIpc) is 3.21. The maximum Gasteiger partial charge on any atom is 0.246 e. The van der Waals surface area contributed by atoms with Crippen molar-refractivity contribution in [3.8, 4) is 0 Å². The molecule has 2 aromatic rings. The van der Waals surface area contributed by atoms with Crippen LogP contribution in [0, 0.1) is 18.7 Å². The van der Waals surface area contributed by atoms with Gasteiger partial charge >= 0.3 is 0 Å². The molecule has 0 heterocycles. The summed E-state index contributed by atoms with van der Waals surface area (Å²) in [6.45, 7) is 1.88. The highest BCUT2D eigenvalue weighted by molar-refractivity contribution is 5.98. The van der Waals surface area contributed by atoms with Gasteiger partial charge in [0.1, 0.15) is 11.9 Å². The first-order valence-corrected chi connectivity index (χ1v) is 10.00. The van der Waals surface area contributed by atoms with Crippen LogP contribution in [0.4, 0.5) is 15.8 Å². The zero-order chi connectivity index (χ0) is 21.0. The van der Waals surface area contributed by atoms with Crippen LogP contribution < -0.4 is 10.6 Å². The van der Waals surface area contributed by atoms with Crippen molar-refractivity contribution in [2.75, 3.05) is 24.7 Å². The molecule has 29 heavy (non-hydrogen) atoms. The van der Waals surface area contributed by atoms with Crippen LogP contribution in [-0.2, 0) is 9.59 Å². The van der Waals surface area contributed by atoms with Crippen LogP contribution in [0.5, 0.6) is 0 Å². The summed E-state index contributed by atoms with van der Waals surface area (Å²) in [5, 5.41) is 5.86. The third kappa shape index (κ3) is 5.01. The second-order valence-corrected chi connectivity index (χ2v) is 7.88. The molecule has 1 aliphatic rings. The third-order valence-electron chi connectivity index (χ3n) is 5.45. The van der Waals surface area contributed by atoms with Crippen LogP contribution in [0.3, 0.4) is 0 Å². The minimum Gasteiger partial charge on any atom is -0.326 e. The van der Waals surface area contributed by atoms with Gasteiger partial charge < -0.3 is 10.6 Å². The van der Waals surface area contributed by atoms with Crippen molar-refractivity contribution in [2.45, 2.75) is 38.6 Å². The minimum atomic E-state index is -0.771. The number of amides is 2. The van der Waals surface area contributed by atoms with E-state index in [0.717, 1.165) is 31.2 Å². The Bertz CT molecular complexity index is 891. The lowest BCUT2D eigenvalue weighted by atomic mass is 10.0. The molecule has 0 aromatic heterocycles. The normalized spacial score (nSPS) is 15.3. The maximum atomic E-state index is 14.3. The molecule has 1 atom stereocenters. The highest BCUT2D eigenvalue weighted by Crippen LogP contribution is 2.28. The third-order valence-corrected chi connectivity index (χ3v) is 5.45. The Morgan fingerprint density at radius 2 is 1.76 bits per heavy atom. The van der Waals surface area contributed by atoms with E-state index in [1.807, 2.05) is 19.1 Å². The molecule has 0 radical (unpaired) electrons. The zero-order valence-electron chi connectivity index (χ0n) is 17.2. The number of benzene rings is 2. The van der Waals surface area contributed by atoms with E-state index >= 15 is 0 Å². The fraction of sp³-hybridized carbons (Fsp3) is 0.391. The van der Waals surface area contributed by atoms with Gasteiger partial charge in [0.25, 0.3) is 0 Å². The van der Waals surface area contributed by atoms with Gasteiger partial charge in [0.15, 0.2) is 0 Å². The number of aryl methyl sites for hydroxylation is 1. The van der Waals surface area contributed by atoms with Crippen molar-refractivity contribution < 1.29 is 14.0 Å². The van der Waals surface area contributed by atoms with E-state index in [0.29, 0.717) is 16.9 Å². The molecule has 1 unspecified atom stereocenters. The number of carbonyl (C=O) groups excluding carboxylic acids is 2. The fourth-order valence-corrected chi connectivity index (χ4v) is 3.82. The molecule has 2 aromatic carbocycles. The molecule has 1 saturated carbocycles. The Morgan fingerprint density at radius 1 is 1.07 bits per heavy atom. The van der Waals surface area contributed by atoms with E-state index in [-0.39, 0.29) is 17.7 Å². The predicted octanol–water partition coefficient (Wildman–Crippen LogP) is 4.50. The molecule has 1 aliphatic carbocycles. The molecule has 0 aliphatic heterocycles. The Kier molecular flexibility index (Phi) is 6.64. The molecule has 2 N–H and O–H groups in total. The minimum absolute atomic E-state index is 0.0288. The molecule has 6 heteroatoms. The van der Waals surface area contributed by atoms with Crippen LogP contribution in [-0.4, -0.2) is 30.8 Å². The zero-order valence-corrected chi connectivity index (χ0v) is 17.2. The molecule has 154 valence electrons. The van der Waals surface area contributed by atoms with Crippen LogP contribution in [0.15, 0.2) is 42.5 Å². The first kappa shape index (κ1) is 21.0. The van der Waals surface area contributed by atoms with Crippen LogP contribution >= 0.6 is 0 Å². The number of nitrogens with one attached hydrogen (secondary N) is 2. The SMILES string of the molecule is Cc1ccc(NC(=O)C2CCCC2)cc1NC(=O)C(c1ccccc1F)N(C)C. The van der Waals surface area contributed by atoms with Gasteiger partial charge in [-0.3, -0.25) is 14.5 Å². The summed E-state index contributed by atoms with van der Waals surface area (Å²) < 4.78 is 14.3. The fourth-order valence-electron chi connectivity index (χ4n) is 3.82. The van der Waals surface area contributed by atoms with Gasteiger partial charge in [-0.05, 0) is 57.6 Å². The second kappa shape index (κ2) is 9.18. The molecule has 2 amide bonds. The molecule has 0 saturated heterocycles. The van der Waals surface area contributed by atoms with Crippen molar-refractivity contribution in [1.82, 2.24) is 4.90 Å². The van der Waals surface area contributed by atoms with Crippen molar-refractivity contribution in [1.29, 1.82) is 0 Å². The molecular weight excluding hydrogens is 369 g/mol. The quantitative estimate of drug-likeness (QED) is 0.754. The molecule has 3 rings (SSSR count). The van der Waals surface area contributed by atoms with Crippen molar-refractivity contribution >= 4 is 23.2 Å². The summed E-state index contributed by atoms with van der Waals surface area (Å²) in [5.41, 5.74) is 2.43. The van der Waals surface area contributed by atoms with E-state index in [9.17, 15) is 14.0 Å². The number of rotatable bonds is 6. The van der Waals surface area contributed by atoms with E-state index in [4.69, 9.17) is 0 Å². The van der Waals surface area contributed by atoms with Gasteiger partial charge in [0.2, 0.25) is 11.8 Å². The molecular formula is C23H28FN3O2. The summed E-state index contributed by atoms with van der Waals surface area (Å²) in [7, 11) is 3.48. The number of hydrogen-bond acceptors (Lipinski definition) is 3. The summed E-state index contributed by atoms with van der Waals surface area (Å²) in [6, 6.07) is 11.0. The number of anilines is 2. The maximum absolute atomic E-state index is 14.3. The van der Waals surface area contributed by atoms with Crippen LogP contribution in [0.25, 0.3) is 0 Å². The Balaban J connectivity index is 1.78. The van der Waals surface area contributed by atoms with Gasteiger partial charge in [-0.25, -0.2) is 4.39 Å². The molecule has 0 bridgehead atoms. The highest BCUT2D eigenvalue weighted by atomic mass is 19.1. The Hall–Kier alpha value is -2.73. The topological polar surface area (TPSA) is 61.4 Å². The average molecular weight is 397 g/mol. The summed E-state index contributed by atoms with van der Waals surface area (Å²) in [4.78, 5) is 27.1. The van der Waals surface area contributed by atoms with E-state index in [2.05, 4.69) is 10.6 Å². The van der Waals surface area contributed by atoms with E-state index < -0.39 is 11.9 Å². The van der Waals surface area contributed by atoms with Crippen LogP contribution in [0.2, 0.25) is 0 Å². The molecule has 0 spiro atoms. The number of likely N-dealkylation sites (N-methyl/N-ethyl adjacent to an activating group) is 1. The molecule has 5 nitrogen and oxygen atoms in total. The van der Waals surface area contributed by atoms with E-state index in [1.165, 1.54) is 6.07 Å². The number of carbonyl (C=O) groups is 2. The van der Waals surface area contributed by atoms with Gasteiger partial charge in [-0.1, -0.05) is 37.1 Å². The second-order valence-electron chi connectivity index (χ2n) is 7.88. The summed E-state index contributed by atoms with van der Waals surface area (Å²) in [6.07, 6.45) is 4.04. The van der Waals surface area contributed by atoms with Crippen LogP contribution in [0.1, 0.15) is 42.9 Å². The van der Waals surface area contributed by atoms with Gasteiger partial charge in [0, 0.05) is 22.9 Å². The standard InChI is InChI=1S/C23H28FN3O2/c1-15-12-13-17(25-22(28)16-8-4-5-9-16)14-20(15)26-23(29)21(27(2)3)18-10-6-7-11-19(18)24/h6-7,10-14,16,21H,4-5,8-9H2,1-3H3,(H,25,28)(H,26,29). The first-order valence-electron chi connectivity index (χ1n) is 10.00. The van der Waals surface area contributed by atoms with Gasteiger partial charge in [0.05, 0.1) is 0 Å². The lowest BCUT2D eigenvalue weighted by Crippen LogP contribution is -2.33. The summed E-state index contributed by atoms with van der Waals surface area (Å²) >= 11 is 0. The largest absolute Gasteiger partial charge is 0.326 e. The Morgan fingerprint density at radius 3 is 2.41 bits per heavy atom. The van der Waals surface area contributed by atoms with Gasteiger partial charge in [-0.15, -0.1) is 0 Å². The predicted molar refractivity (Wildman–Crippen MR) is 113 cm³/mol. The molecule has 1 fully saturated rings. The number of hydrogen-bond donors (Lipinski definition) is 2. The Labute approximate surface area is 171 Å². The lowest BCUT2D eigenvalue weighted by molar-refractivity contribution is -0.121. The highest BCUT2D eigenvalue weighted by Gasteiger charge is 2.26. The smallest absolute Gasteiger partial charge is 0.246 e. The first-order chi connectivity index (χ1) is 13.9. The lowest BCUT2D eigenvalue weighted by Gasteiger charge is -2.25. The van der Waals surface area contributed by atoms with E-state index in [1.54, 1.807) is 43.3 Å². The van der Waals surface area contributed by atoms with Crippen molar-refractivity contribution in [3.05, 3.63) is 59.4 Å². The number of nitrogens with zero attached hydrogens (tertiary/aromatic N) is 1.